The van der Waals surface area contributed by atoms with Gasteiger partial charge in [0.1, 0.15) is 5.97 Å². The summed E-state index contributed by atoms with van der Waals surface area (Å²) in [6, 6.07) is 0. The van der Waals surface area contributed by atoms with Gasteiger partial charge in [0.25, 0.3) is 0 Å². The fourth-order valence-corrected chi connectivity index (χ4v) is 4.74. The Hall–Kier alpha value is -2.02. The lowest BCUT2D eigenvalue weighted by Gasteiger charge is -2.20. The SMILES string of the molecule is CCC1=C(C)C2=C(C)c3c(C)c(CC)c(C)n3B(C#N)[N+]2=C1C. The van der Waals surface area contributed by atoms with Crippen molar-refractivity contribution in [1.82, 2.24) is 4.48 Å². The molecule has 0 unspecified atom stereocenters. The van der Waals surface area contributed by atoms with E-state index in [0.29, 0.717) is 0 Å². The van der Waals surface area contributed by atoms with Crippen molar-refractivity contribution in [3.63, 3.8) is 0 Å². The van der Waals surface area contributed by atoms with Crippen LogP contribution in [0.4, 0.5) is 0 Å². The fraction of sp³-hybridized carbons (Fsp3) is 0.474. The average molecular weight is 306 g/mol. The second-order valence-electron chi connectivity index (χ2n) is 6.65. The Bertz CT molecular complexity index is 856. The third-order valence-corrected chi connectivity index (χ3v) is 5.72. The van der Waals surface area contributed by atoms with Crippen molar-refractivity contribution in [3.8, 4) is 5.97 Å². The lowest BCUT2D eigenvalue weighted by molar-refractivity contribution is -0.322. The summed E-state index contributed by atoms with van der Waals surface area (Å²) in [4.78, 5) is 0. The van der Waals surface area contributed by atoms with E-state index in [-0.39, 0.29) is 6.98 Å². The minimum absolute atomic E-state index is 0.276. The Kier molecular flexibility index (Phi) is 3.63. The quantitative estimate of drug-likeness (QED) is 0.759. The van der Waals surface area contributed by atoms with Gasteiger partial charge >= 0.3 is 6.98 Å². The predicted molar refractivity (Wildman–Crippen MR) is 96.6 cm³/mol. The highest BCUT2D eigenvalue weighted by atomic mass is 15.1. The molecule has 0 fully saturated rings. The molecular formula is C19H25BN3+. The zero-order valence-electron chi connectivity index (χ0n) is 15.3. The number of nitrogens with zero attached hydrogens (tertiary/aromatic N) is 3. The van der Waals surface area contributed by atoms with Crippen molar-refractivity contribution in [1.29, 1.82) is 5.26 Å². The number of allylic oxidation sites excluding steroid dienone is 3. The molecule has 0 aromatic carbocycles. The number of rotatable bonds is 2. The third kappa shape index (κ3) is 1.80. The second kappa shape index (κ2) is 5.27. The molecule has 0 saturated carbocycles. The van der Waals surface area contributed by atoms with E-state index in [1.54, 1.807) is 0 Å². The van der Waals surface area contributed by atoms with Crippen molar-refractivity contribution in [3.05, 3.63) is 39.4 Å². The van der Waals surface area contributed by atoms with Crippen molar-refractivity contribution < 1.29 is 4.49 Å². The molecule has 0 aliphatic carbocycles. The standard InChI is InChI=1S/C19H25BN3/c1-8-16-11(3)18-13(5)19-12(4)17(9-2)15(7)23(19)20(10-21)22(18)14(16)6/h8-9H2,1-7H3/q+1. The van der Waals surface area contributed by atoms with E-state index in [4.69, 9.17) is 0 Å². The molecule has 2 aliphatic heterocycles. The van der Waals surface area contributed by atoms with Crippen molar-refractivity contribution in [2.24, 2.45) is 0 Å². The molecule has 0 atom stereocenters. The molecule has 4 heteroatoms. The van der Waals surface area contributed by atoms with Crippen molar-refractivity contribution in [2.75, 3.05) is 0 Å². The fourth-order valence-electron chi connectivity index (χ4n) is 4.74. The third-order valence-electron chi connectivity index (χ3n) is 5.72. The topological polar surface area (TPSA) is 31.7 Å². The van der Waals surface area contributed by atoms with Crippen LogP contribution in [0.15, 0.2) is 16.8 Å². The van der Waals surface area contributed by atoms with Crippen LogP contribution in [0.3, 0.4) is 0 Å². The normalized spacial score (nSPS) is 17.0. The molecule has 23 heavy (non-hydrogen) atoms. The number of hydrogen-bond acceptors (Lipinski definition) is 1. The van der Waals surface area contributed by atoms with Crippen LogP contribution >= 0.6 is 0 Å². The van der Waals surface area contributed by atoms with Gasteiger partial charge in [-0.15, -0.1) is 0 Å². The van der Waals surface area contributed by atoms with Crippen LogP contribution in [0.5, 0.6) is 0 Å². The van der Waals surface area contributed by atoms with Crippen LogP contribution in [-0.4, -0.2) is 21.7 Å². The molecule has 3 heterocycles. The highest BCUT2D eigenvalue weighted by Gasteiger charge is 2.51. The van der Waals surface area contributed by atoms with Gasteiger partial charge in [-0.25, -0.2) is 9.75 Å². The smallest absolute Gasteiger partial charge is 0.309 e. The molecule has 2 aliphatic rings. The number of nitriles is 1. The summed E-state index contributed by atoms with van der Waals surface area (Å²) < 4.78 is 4.50. The Morgan fingerprint density at radius 2 is 1.70 bits per heavy atom. The zero-order valence-corrected chi connectivity index (χ0v) is 15.3. The highest BCUT2D eigenvalue weighted by Crippen LogP contribution is 2.40. The van der Waals surface area contributed by atoms with Crippen LogP contribution in [0, 0.1) is 25.1 Å². The van der Waals surface area contributed by atoms with Gasteiger partial charge in [0.2, 0.25) is 0 Å². The Morgan fingerprint density at radius 3 is 2.22 bits per heavy atom. The Labute approximate surface area is 139 Å². The summed E-state index contributed by atoms with van der Waals surface area (Å²) in [7, 11) is 0. The number of aromatic nitrogens is 1. The monoisotopic (exact) mass is 306 g/mol. The molecule has 3 rings (SSSR count). The van der Waals surface area contributed by atoms with E-state index in [0.717, 1.165) is 12.8 Å². The van der Waals surface area contributed by atoms with Crippen LogP contribution < -0.4 is 0 Å². The molecule has 1 aromatic rings. The first-order chi connectivity index (χ1) is 10.9. The Balaban J connectivity index is 2.45. The van der Waals surface area contributed by atoms with Gasteiger partial charge in [-0.2, -0.15) is 0 Å². The minimum Gasteiger partial charge on any atom is -0.309 e. The summed E-state index contributed by atoms with van der Waals surface area (Å²) in [6.45, 7) is 15.1. The Morgan fingerprint density at radius 1 is 1.04 bits per heavy atom. The summed E-state index contributed by atoms with van der Waals surface area (Å²) in [6.07, 6.45) is 2.02. The molecule has 0 saturated heterocycles. The van der Waals surface area contributed by atoms with Gasteiger partial charge in [0.05, 0.1) is 0 Å². The van der Waals surface area contributed by atoms with E-state index in [9.17, 15) is 5.26 Å². The van der Waals surface area contributed by atoms with Crippen LogP contribution in [0.1, 0.15) is 63.6 Å². The predicted octanol–water partition coefficient (Wildman–Crippen LogP) is 4.02. The molecule has 0 N–H and O–H groups in total. The molecule has 0 amide bonds. The molecule has 0 bridgehead atoms. The average Bonchev–Trinajstić information content (AvgIpc) is 2.93. The van der Waals surface area contributed by atoms with E-state index in [1.165, 1.54) is 50.6 Å². The van der Waals surface area contributed by atoms with Crippen molar-refractivity contribution >= 4 is 18.3 Å². The van der Waals surface area contributed by atoms with Gasteiger partial charge < -0.3 is 4.48 Å². The van der Waals surface area contributed by atoms with E-state index >= 15 is 0 Å². The number of hydrogen-bond donors (Lipinski definition) is 0. The molecular weight excluding hydrogens is 281 g/mol. The van der Waals surface area contributed by atoms with E-state index < -0.39 is 0 Å². The molecule has 118 valence electrons. The first-order valence-electron chi connectivity index (χ1n) is 8.54. The summed E-state index contributed by atoms with van der Waals surface area (Å²) in [5.41, 5.74) is 11.7. The van der Waals surface area contributed by atoms with E-state index in [1.807, 2.05) is 0 Å². The zero-order chi connectivity index (χ0) is 17.0. The molecule has 3 nitrogen and oxygen atoms in total. The van der Waals surface area contributed by atoms with Gasteiger partial charge in [0, 0.05) is 35.0 Å². The second-order valence-corrected chi connectivity index (χ2v) is 6.65. The summed E-state index contributed by atoms with van der Waals surface area (Å²) in [5, 5.41) is 9.96. The maximum atomic E-state index is 9.96. The van der Waals surface area contributed by atoms with Crippen LogP contribution in [0.2, 0.25) is 0 Å². The van der Waals surface area contributed by atoms with Gasteiger partial charge in [-0.05, 0) is 51.7 Å². The minimum atomic E-state index is -0.276. The first-order valence-corrected chi connectivity index (χ1v) is 8.54. The van der Waals surface area contributed by atoms with Gasteiger partial charge in [-0.3, -0.25) is 0 Å². The molecule has 1 aromatic heterocycles. The lowest BCUT2D eigenvalue weighted by atomic mass is 9.73. The van der Waals surface area contributed by atoms with E-state index in [2.05, 4.69) is 63.4 Å². The summed E-state index contributed by atoms with van der Waals surface area (Å²) in [5.74, 6) is 2.56. The number of fused-ring (bicyclic) bond motifs is 2. The van der Waals surface area contributed by atoms with Crippen LogP contribution in [0.25, 0.3) is 5.57 Å². The van der Waals surface area contributed by atoms with Crippen molar-refractivity contribution in [2.45, 2.75) is 61.3 Å². The van der Waals surface area contributed by atoms with Gasteiger partial charge in [0.15, 0.2) is 11.4 Å². The van der Waals surface area contributed by atoms with Gasteiger partial charge in [-0.1, -0.05) is 13.8 Å². The first kappa shape index (κ1) is 15.9. The maximum absolute atomic E-state index is 9.96. The maximum Gasteiger partial charge on any atom is 0.739 e. The van der Waals surface area contributed by atoms with Crippen LogP contribution in [-0.2, 0) is 6.42 Å². The lowest BCUT2D eigenvalue weighted by Crippen LogP contribution is -2.43. The molecule has 0 spiro atoms. The highest BCUT2D eigenvalue weighted by molar-refractivity contribution is 6.59. The largest absolute Gasteiger partial charge is 0.739 e. The molecule has 0 radical (unpaired) electrons. The summed E-state index contributed by atoms with van der Waals surface area (Å²) >= 11 is 0.